The Kier molecular flexibility index (Phi) is 8.44. The van der Waals surface area contributed by atoms with E-state index < -0.39 is 42.3 Å². The summed E-state index contributed by atoms with van der Waals surface area (Å²) >= 11 is 0. The molecule has 0 unspecified atom stereocenters. The summed E-state index contributed by atoms with van der Waals surface area (Å²) in [6.45, 7) is 1.86. The summed E-state index contributed by atoms with van der Waals surface area (Å²) in [5, 5.41) is 18.4. The number of hydrogen-bond donors (Lipinski definition) is 3. The monoisotopic (exact) mass is 364 g/mol. The number of imide groups is 1. The molecule has 0 fully saturated rings. The van der Waals surface area contributed by atoms with E-state index in [1.165, 1.54) is 0 Å². The van der Waals surface area contributed by atoms with Crippen LogP contribution in [0.3, 0.4) is 0 Å². The van der Waals surface area contributed by atoms with Crippen molar-refractivity contribution in [2.45, 2.75) is 51.1 Å². The van der Waals surface area contributed by atoms with Crippen molar-refractivity contribution >= 4 is 23.8 Å². The highest BCUT2D eigenvalue weighted by atomic mass is 16.4. The molecule has 26 heavy (non-hydrogen) atoms. The summed E-state index contributed by atoms with van der Waals surface area (Å²) < 4.78 is 0. The van der Waals surface area contributed by atoms with Crippen LogP contribution >= 0.6 is 0 Å². The van der Waals surface area contributed by atoms with Gasteiger partial charge in [-0.25, -0.2) is 4.79 Å². The van der Waals surface area contributed by atoms with Gasteiger partial charge in [0, 0.05) is 12.8 Å². The van der Waals surface area contributed by atoms with Gasteiger partial charge in [-0.15, -0.1) is 0 Å². The van der Waals surface area contributed by atoms with Gasteiger partial charge < -0.3 is 15.9 Å². The highest BCUT2D eigenvalue weighted by Crippen LogP contribution is 2.15. The molecule has 4 N–H and O–H groups in total. The van der Waals surface area contributed by atoms with E-state index in [-0.39, 0.29) is 12.8 Å². The number of rotatable bonds is 10. The summed E-state index contributed by atoms with van der Waals surface area (Å²) in [7, 11) is 0. The summed E-state index contributed by atoms with van der Waals surface area (Å²) in [5.74, 6) is -4.31. The van der Waals surface area contributed by atoms with Crippen LogP contribution in [0.5, 0.6) is 0 Å². The van der Waals surface area contributed by atoms with Crippen molar-refractivity contribution in [1.82, 2.24) is 4.90 Å². The first-order valence-corrected chi connectivity index (χ1v) is 8.37. The smallest absolute Gasteiger partial charge is 0.327 e. The number of carbonyl (C=O) groups excluding carboxylic acids is 2. The fourth-order valence-electron chi connectivity index (χ4n) is 2.48. The molecule has 0 saturated heterocycles. The molecule has 8 heteroatoms. The number of amides is 2. The Morgan fingerprint density at radius 1 is 1.12 bits per heavy atom. The third kappa shape index (κ3) is 6.29. The predicted octanol–water partition coefficient (Wildman–Crippen LogP) is 1.03. The lowest BCUT2D eigenvalue weighted by Crippen LogP contribution is -2.55. The summed E-state index contributed by atoms with van der Waals surface area (Å²) in [5.41, 5.74) is 6.23. The van der Waals surface area contributed by atoms with E-state index in [1.54, 1.807) is 30.3 Å². The minimum atomic E-state index is -1.49. The van der Waals surface area contributed by atoms with E-state index in [4.69, 9.17) is 10.8 Å². The number of nitrogens with two attached hydrogens (primary N) is 1. The molecule has 0 radical (unpaired) electrons. The fourth-order valence-corrected chi connectivity index (χ4v) is 2.48. The SMILES string of the molecule is CCCCC(=O)N(C(=O)[C@@H](N)CC(=O)O)[C@@H](Cc1ccccc1)C(=O)O. The first-order valence-electron chi connectivity index (χ1n) is 8.37. The molecule has 0 heterocycles. The van der Waals surface area contributed by atoms with Crippen molar-refractivity contribution in [2.75, 3.05) is 0 Å². The Labute approximate surface area is 151 Å². The van der Waals surface area contributed by atoms with Crippen molar-refractivity contribution in [1.29, 1.82) is 0 Å². The number of carboxylic acid groups (broad SMARTS) is 2. The highest BCUT2D eigenvalue weighted by molar-refractivity contribution is 6.02. The van der Waals surface area contributed by atoms with Crippen molar-refractivity contribution in [3.8, 4) is 0 Å². The molecule has 1 aromatic carbocycles. The van der Waals surface area contributed by atoms with Crippen LogP contribution in [0.4, 0.5) is 0 Å². The molecule has 1 rings (SSSR count). The number of nitrogens with zero attached hydrogens (tertiary/aromatic N) is 1. The molecule has 2 amide bonds. The van der Waals surface area contributed by atoms with Crippen molar-refractivity contribution in [3.63, 3.8) is 0 Å². The maximum Gasteiger partial charge on any atom is 0.327 e. The van der Waals surface area contributed by atoms with Crippen LogP contribution < -0.4 is 5.73 Å². The average molecular weight is 364 g/mol. The zero-order chi connectivity index (χ0) is 19.7. The number of aliphatic carboxylic acids is 2. The zero-order valence-electron chi connectivity index (χ0n) is 14.6. The van der Waals surface area contributed by atoms with E-state index in [0.29, 0.717) is 23.3 Å². The lowest BCUT2D eigenvalue weighted by atomic mass is 10.0. The number of carboxylic acids is 2. The first-order chi connectivity index (χ1) is 12.3. The summed E-state index contributed by atoms with van der Waals surface area (Å²) in [6, 6.07) is 5.63. The molecule has 0 bridgehead atoms. The molecule has 0 spiro atoms. The van der Waals surface area contributed by atoms with E-state index >= 15 is 0 Å². The molecular weight excluding hydrogens is 340 g/mol. The van der Waals surface area contributed by atoms with Gasteiger partial charge in [0.2, 0.25) is 11.8 Å². The molecule has 0 aromatic heterocycles. The molecule has 0 aliphatic rings. The summed E-state index contributed by atoms with van der Waals surface area (Å²) in [6.07, 6.45) is 0.383. The topological polar surface area (TPSA) is 138 Å². The molecule has 142 valence electrons. The maximum atomic E-state index is 12.6. The lowest BCUT2D eigenvalue weighted by molar-refractivity contribution is -0.159. The van der Waals surface area contributed by atoms with Crippen LogP contribution in [0.25, 0.3) is 0 Å². The second kappa shape index (κ2) is 10.3. The van der Waals surface area contributed by atoms with Gasteiger partial charge in [-0.1, -0.05) is 43.7 Å². The minimum Gasteiger partial charge on any atom is -0.481 e. The van der Waals surface area contributed by atoms with E-state index in [9.17, 15) is 24.3 Å². The second-order valence-corrected chi connectivity index (χ2v) is 5.95. The van der Waals surface area contributed by atoms with Gasteiger partial charge in [-0.2, -0.15) is 0 Å². The standard InChI is InChI=1S/C18H24N2O6/c1-2-3-9-15(21)20(17(24)13(19)11-16(22)23)14(18(25)26)10-12-7-5-4-6-8-12/h4-8,13-14H,2-3,9-11,19H2,1H3,(H,22,23)(H,25,26)/t13-,14-/m0/s1. The third-order valence-corrected chi connectivity index (χ3v) is 3.83. The Hall–Kier alpha value is -2.74. The third-order valence-electron chi connectivity index (χ3n) is 3.83. The Bertz CT molecular complexity index is 646. The van der Waals surface area contributed by atoms with Crippen molar-refractivity contribution in [3.05, 3.63) is 35.9 Å². The van der Waals surface area contributed by atoms with E-state index in [1.807, 2.05) is 6.92 Å². The predicted molar refractivity (Wildman–Crippen MR) is 93.2 cm³/mol. The van der Waals surface area contributed by atoms with E-state index in [2.05, 4.69) is 0 Å². The largest absolute Gasteiger partial charge is 0.481 e. The Morgan fingerprint density at radius 3 is 2.23 bits per heavy atom. The van der Waals surface area contributed by atoms with Crippen LogP contribution in [0.2, 0.25) is 0 Å². The molecule has 8 nitrogen and oxygen atoms in total. The van der Waals surface area contributed by atoms with E-state index in [0.717, 1.165) is 0 Å². The highest BCUT2D eigenvalue weighted by Gasteiger charge is 2.37. The number of hydrogen-bond acceptors (Lipinski definition) is 5. The van der Waals surface area contributed by atoms with Gasteiger partial charge in [0.15, 0.2) is 0 Å². The fraction of sp³-hybridized carbons (Fsp3) is 0.444. The van der Waals surface area contributed by atoms with Crippen LogP contribution in [0.15, 0.2) is 30.3 Å². The van der Waals surface area contributed by atoms with Crippen LogP contribution in [0, 0.1) is 0 Å². The normalized spacial score (nSPS) is 12.8. The van der Waals surface area contributed by atoms with Crippen molar-refractivity contribution in [2.24, 2.45) is 5.73 Å². The Morgan fingerprint density at radius 2 is 1.73 bits per heavy atom. The number of unbranched alkanes of at least 4 members (excludes halogenated alkanes) is 1. The quantitative estimate of drug-likeness (QED) is 0.563. The second-order valence-electron chi connectivity index (χ2n) is 5.95. The van der Waals surface area contributed by atoms with Crippen LogP contribution in [-0.2, 0) is 25.6 Å². The van der Waals surface area contributed by atoms with Gasteiger partial charge in [-0.3, -0.25) is 19.3 Å². The van der Waals surface area contributed by atoms with Gasteiger partial charge in [0.1, 0.15) is 6.04 Å². The number of benzene rings is 1. The molecular formula is C18H24N2O6. The molecule has 2 atom stereocenters. The average Bonchev–Trinajstić information content (AvgIpc) is 2.59. The molecule has 0 aliphatic carbocycles. The number of carbonyl (C=O) groups is 4. The maximum absolute atomic E-state index is 12.6. The van der Waals surface area contributed by atoms with Gasteiger partial charge in [-0.05, 0) is 12.0 Å². The van der Waals surface area contributed by atoms with Crippen LogP contribution in [0.1, 0.15) is 38.2 Å². The molecule has 0 saturated carbocycles. The van der Waals surface area contributed by atoms with Gasteiger partial charge in [0.25, 0.3) is 0 Å². The van der Waals surface area contributed by atoms with Crippen LogP contribution in [-0.4, -0.2) is 50.9 Å². The van der Waals surface area contributed by atoms with Gasteiger partial charge >= 0.3 is 11.9 Å². The first kappa shape index (κ1) is 21.3. The molecule has 0 aliphatic heterocycles. The molecule has 1 aromatic rings. The summed E-state index contributed by atoms with van der Waals surface area (Å²) in [4.78, 5) is 48.3. The minimum absolute atomic E-state index is 0.0133. The van der Waals surface area contributed by atoms with Crippen molar-refractivity contribution < 1.29 is 29.4 Å². The Balaban J connectivity index is 3.16. The van der Waals surface area contributed by atoms with Gasteiger partial charge in [0.05, 0.1) is 12.5 Å². The zero-order valence-corrected chi connectivity index (χ0v) is 14.6. The lowest BCUT2D eigenvalue weighted by Gasteiger charge is -2.29.